The highest BCUT2D eigenvalue weighted by atomic mass is 16.8. The zero-order valence-corrected chi connectivity index (χ0v) is 9.40. The van der Waals surface area contributed by atoms with Crippen LogP contribution in [0, 0.1) is 0 Å². The van der Waals surface area contributed by atoms with Gasteiger partial charge in [0.25, 0.3) is 0 Å². The van der Waals surface area contributed by atoms with Gasteiger partial charge in [0.1, 0.15) is 0 Å². The number of hydrogen-bond donors (Lipinski definition) is 0. The average Bonchev–Trinajstić information content (AvgIpc) is 2.52. The molecular weight excluding hydrogens is 204 g/mol. The van der Waals surface area contributed by atoms with Crippen molar-refractivity contribution in [1.29, 1.82) is 0 Å². The highest BCUT2D eigenvalue weighted by molar-refractivity contribution is 5.74. The van der Waals surface area contributed by atoms with Gasteiger partial charge in [0.05, 0.1) is 0 Å². The number of ether oxygens (including phenoxy) is 2. The Bertz CT molecular complexity index is 420. The quantitative estimate of drug-likeness (QED) is 0.716. The lowest BCUT2D eigenvalue weighted by molar-refractivity contribution is 0.0780. The smallest absolute Gasteiger partial charge is 0.424 e. The Labute approximate surface area is 94.7 Å². The van der Waals surface area contributed by atoms with Gasteiger partial charge in [0, 0.05) is 0 Å². The third kappa shape index (κ3) is 1.81. The summed E-state index contributed by atoms with van der Waals surface area (Å²) >= 11 is 0. The molecule has 2 rings (SSSR count). The molecule has 1 aliphatic rings. The van der Waals surface area contributed by atoms with Crippen LogP contribution in [0.1, 0.15) is 19.4 Å². The molecule has 1 saturated heterocycles. The lowest BCUT2D eigenvalue weighted by Gasteiger charge is -2.23. The summed E-state index contributed by atoms with van der Waals surface area (Å²) in [5, 5.41) is 0. The van der Waals surface area contributed by atoms with Crippen LogP contribution in [0.15, 0.2) is 36.9 Å². The fourth-order valence-electron chi connectivity index (χ4n) is 1.82. The van der Waals surface area contributed by atoms with E-state index in [1.54, 1.807) is 0 Å². The van der Waals surface area contributed by atoms with Gasteiger partial charge in [0.15, 0.2) is 11.7 Å². The average molecular weight is 218 g/mol. The Balaban J connectivity index is 2.27. The summed E-state index contributed by atoms with van der Waals surface area (Å²) in [4.78, 5) is 11.1. The summed E-state index contributed by atoms with van der Waals surface area (Å²) in [5.41, 5.74) is 1.06. The van der Waals surface area contributed by atoms with Crippen LogP contribution in [0.3, 0.4) is 0 Å². The Hall–Kier alpha value is -1.77. The van der Waals surface area contributed by atoms with Crippen LogP contribution in [-0.2, 0) is 9.47 Å². The van der Waals surface area contributed by atoms with Crippen molar-refractivity contribution >= 4 is 11.7 Å². The molecule has 0 aromatic heterocycles. The van der Waals surface area contributed by atoms with Crippen molar-refractivity contribution in [2.24, 2.45) is 0 Å². The largest absolute Gasteiger partial charge is 0.509 e. The summed E-state index contributed by atoms with van der Waals surface area (Å²) in [6.07, 6.45) is -1.06. The van der Waals surface area contributed by atoms with E-state index in [-0.39, 0.29) is 0 Å². The first-order valence-electron chi connectivity index (χ1n) is 5.14. The predicted molar refractivity (Wildman–Crippen MR) is 60.9 cm³/mol. The SMILES string of the molecule is C=C(c1ccccc1)C1OC(=O)OC1(C)C. The second kappa shape index (κ2) is 3.67. The first kappa shape index (κ1) is 10.7. The number of hydrogen-bond acceptors (Lipinski definition) is 3. The Morgan fingerprint density at radius 3 is 2.44 bits per heavy atom. The van der Waals surface area contributed by atoms with Crippen molar-refractivity contribution in [1.82, 2.24) is 0 Å². The molecule has 0 saturated carbocycles. The molecule has 0 bridgehead atoms. The fourth-order valence-corrected chi connectivity index (χ4v) is 1.82. The summed E-state index contributed by atoms with van der Waals surface area (Å²) in [5.74, 6) is 0. The number of benzene rings is 1. The van der Waals surface area contributed by atoms with Gasteiger partial charge in [-0.25, -0.2) is 4.79 Å². The van der Waals surface area contributed by atoms with Crippen molar-refractivity contribution in [3.05, 3.63) is 42.5 Å². The van der Waals surface area contributed by atoms with Gasteiger partial charge in [0.2, 0.25) is 0 Å². The first-order chi connectivity index (χ1) is 7.50. The molecule has 1 heterocycles. The van der Waals surface area contributed by atoms with E-state index in [9.17, 15) is 4.79 Å². The third-order valence-corrected chi connectivity index (χ3v) is 2.65. The van der Waals surface area contributed by atoms with Gasteiger partial charge in [-0.1, -0.05) is 36.9 Å². The molecule has 1 aliphatic heterocycles. The molecule has 16 heavy (non-hydrogen) atoms. The molecule has 1 unspecified atom stereocenters. The summed E-state index contributed by atoms with van der Waals surface area (Å²) in [7, 11) is 0. The normalized spacial score (nSPS) is 22.4. The highest BCUT2D eigenvalue weighted by Crippen LogP contribution is 2.34. The molecule has 0 N–H and O–H groups in total. The van der Waals surface area contributed by atoms with E-state index in [1.165, 1.54) is 0 Å². The molecule has 1 aromatic carbocycles. The molecule has 1 aromatic rings. The zero-order chi connectivity index (χ0) is 11.8. The molecule has 0 aliphatic carbocycles. The van der Waals surface area contributed by atoms with Gasteiger partial charge in [-0.2, -0.15) is 0 Å². The summed E-state index contributed by atoms with van der Waals surface area (Å²) < 4.78 is 10.2. The number of cyclic esters (lactones) is 2. The van der Waals surface area contributed by atoms with E-state index in [0.29, 0.717) is 0 Å². The second-order valence-corrected chi connectivity index (χ2v) is 4.34. The molecule has 0 spiro atoms. The highest BCUT2D eigenvalue weighted by Gasteiger charge is 2.45. The fraction of sp³-hybridized carbons (Fsp3) is 0.308. The van der Waals surface area contributed by atoms with Crippen molar-refractivity contribution in [3.63, 3.8) is 0 Å². The lowest BCUT2D eigenvalue weighted by atomic mass is 9.91. The van der Waals surface area contributed by atoms with Crippen molar-refractivity contribution in [3.8, 4) is 0 Å². The Morgan fingerprint density at radius 2 is 1.94 bits per heavy atom. The minimum Gasteiger partial charge on any atom is -0.424 e. The molecule has 1 atom stereocenters. The zero-order valence-electron chi connectivity index (χ0n) is 9.40. The molecule has 3 nitrogen and oxygen atoms in total. The predicted octanol–water partition coefficient (Wildman–Crippen LogP) is 3.01. The minimum atomic E-state index is -0.663. The van der Waals surface area contributed by atoms with Crippen molar-refractivity contribution in [2.75, 3.05) is 0 Å². The first-order valence-corrected chi connectivity index (χ1v) is 5.14. The van der Waals surface area contributed by atoms with Crippen molar-refractivity contribution < 1.29 is 14.3 Å². The maximum Gasteiger partial charge on any atom is 0.509 e. The van der Waals surface area contributed by atoms with Gasteiger partial charge < -0.3 is 9.47 Å². The van der Waals surface area contributed by atoms with Crippen LogP contribution >= 0.6 is 0 Å². The summed E-state index contributed by atoms with van der Waals surface area (Å²) in [6, 6.07) is 9.64. The van der Waals surface area contributed by atoms with Crippen LogP contribution in [0.25, 0.3) is 5.57 Å². The second-order valence-electron chi connectivity index (χ2n) is 4.34. The minimum absolute atomic E-state index is 0.428. The van der Waals surface area contributed by atoms with E-state index < -0.39 is 17.9 Å². The number of carbonyl (C=O) groups is 1. The van der Waals surface area contributed by atoms with Crippen LogP contribution < -0.4 is 0 Å². The molecule has 0 amide bonds. The monoisotopic (exact) mass is 218 g/mol. The van der Waals surface area contributed by atoms with E-state index >= 15 is 0 Å². The number of rotatable bonds is 2. The molecule has 1 fully saturated rings. The van der Waals surface area contributed by atoms with E-state index in [0.717, 1.165) is 11.1 Å². The van der Waals surface area contributed by atoms with E-state index in [1.807, 2.05) is 44.2 Å². The maximum absolute atomic E-state index is 11.1. The Morgan fingerprint density at radius 1 is 1.31 bits per heavy atom. The van der Waals surface area contributed by atoms with Crippen LogP contribution in [0.4, 0.5) is 4.79 Å². The van der Waals surface area contributed by atoms with E-state index in [4.69, 9.17) is 9.47 Å². The standard InChI is InChI=1S/C13H14O3/c1-9(10-7-5-4-6-8-10)11-13(2,3)16-12(14)15-11/h4-8,11H,1H2,2-3H3. The Kier molecular flexibility index (Phi) is 2.46. The summed E-state index contributed by atoms with van der Waals surface area (Å²) in [6.45, 7) is 7.61. The maximum atomic E-state index is 11.1. The molecule has 84 valence electrons. The lowest BCUT2D eigenvalue weighted by Crippen LogP contribution is -2.33. The van der Waals surface area contributed by atoms with Gasteiger partial charge >= 0.3 is 6.16 Å². The molecule has 3 heteroatoms. The number of carbonyl (C=O) groups excluding carboxylic acids is 1. The van der Waals surface area contributed by atoms with Gasteiger partial charge in [-0.15, -0.1) is 0 Å². The third-order valence-electron chi connectivity index (χ3n) is 2.65. The van der Waals surface area contributed by atoms with Crippen LogP contribution in [0.2, 0.25) is 0 Å². The van der Waals surface area contributed by atoms with Crippen LogP contribution in [-0.4, -0.2) is 17.9 Å². The molecule has 0 radical (unpaired) electrons. The van der Waals surface area contributed by atoms with Crippen molar-refractivity contribution in [2.45, 2.75) is 25.6 Å². The van der Waals surface area contributed by atoms with Gasteiger partial charge in [-0.05, 0) is 25.0 Å². The topological polar surface area (TPSA) is 35.5 Å². The van der Waals surface area contributed by atoms with Gasteiger partial charge in [-0.3, -0.25) is 0 Å². The molecular formula is C13H14O3. The van der Waals surface area contributed by atoms with E-state index in [2.05, 4.69) is 6.58 Å². The van der Waals surface area contributed by atoms with Crippen LogP contribution in [0.5, 0.6) is 0 Å².